The molecular weight excluding hydrogens is 312 g/mol. The van der Waals surface area contributed by atoms with E-state index in [1.807, 2.05) is 31.2 Å². The molecule has 0 aromatic heterocycles. The lowest BCUT2D eigenvalue weighted by molar-refractivity contribution is -0.138. The minimum Gasteiger partial charge on any atom is -0.331 e. The van der Waals surface area contributed by atoms with Crippen LogP contribution in [0.5, 0.6) is 0 Å². The van der Waals surface area contributed by atoms with Crippen LogP contribution in [0.15, 0.2) is 24.3 Å². The first-order valence-corrected chi connectivity index (χ1v) is 7.71. The highest BCUT2D eigenvalue weighted by Gasteiger charge is 2.35. The molecule has 0 spiro atoms. The summed E-state index contributed by atoms with van der Waals surface area (Å²) in [5.41, 5.74) is 1.84. The van der Waals surface area contributed by atoms with Gasteiger partial charge in [-0.05, 0) is 18.6 Å². The van der Waals surface area contributed by atoms with Crippen LogP contribution in [0.3, 0.4) is 0 Å². The average Bonchev–Trinajstić information content (AvgIpc) is 2.85. The van der Waals surface area contributed by atoms with E-state index in [2.05, 4.69) is 10.6 Å². The summed E-state index contributed by atoms with van der Waals surface area (Å²) in [5.74, 6) is -1.00. The zero-order valence-electron chi connectivity index (χ0n) is 13.2. The van der Waals surface area contributed by atoms with Gasteiger partial charge in [0, 0.05) is 18.8 Å². The lowest BCUT2D eigenvalue weighted by Gasteiger charge is -2.35. The number of para-hydroxylation sites is 1. The summed E-state index contributed by atoms with van der Waals surface area (Å²) in [6.45, 7) is 2.69. The van der Waals surface area contributed by atoms with Crippen LogP contribution < -0.4 is 15.5 Å². The van der Waals surface area contributed by atoms with Crippen molar-refractivity contribution in [1.82, 2.24) is 15.5 Å². The third-order valence-corrected chi connectivity index (χ3v) is 4.22. The van der Waals surface area contributed by atoms with Crippen LogP contribution in [-0.4, -0.2) is 54.3 Å². The van der Waals surface area contributed by atoms with Crippen molar-refractivity contribution in [3.05, 3.63) is 29.8 Å². The number of amides is 5. The number of urea groups is 1. The van der Waals surface area contributed by atoms with Crippen molar-refractivity contribution in [2.24, 2.45) is 0 Å². The van der Waals surface area contributed by atoms with Crippen molar-refractivity contribution in [2.45, 2.75) is 19.4 Å². The SMILES string of the molecule is Cc1ccccc1N1CCN(C(=O)CC2NC(=O)NC2=O)CC1=O. The highest BCUT2D eigenvalue weighted by molar-refractivity contribution is 6.06. The molecule has 24 heavy (non-hydrogen) atoms. The van der Waals surface area contributed by atoms with Gasteiger partial charge in [0.05, 0.1) is 6.42 Å². The van der Waals surface area contributed by atoms with Crippen LogP contribution in [0, 0.1) is 6.92 Å². The predicted octanol–water partition coefficient (Wildman–Crippen LogP) is -0.232. The molecule has 1 aromatic carbocycles. The topological polar surface area (TPSA) is 98.8 Å². The molecule has 2 saturated heterocycles. The molecule has 1 unspecified atom stereocenters. The summed E-state index contributed by atoms with van der Waals surface area (Å²) < 4.78 is 0. The largest absolute Gasteiger partial charge is 0.331 e. The molecule has 2 aliphatic heterocycles. The zero-order valence-corrected chi connectivity index (χ0v) is 13.2. The zero-order chi connectivity index (χ0) is 17.3. The van der Waals surface area contributed by atoms with Crippen LogP contribution in [0.1, 0.15) is 12.0 Å². The molecule has 1 aromatic rings. The number of carbonyl (C=O) groups is 4. The van der Waals surface area contributed by atoms with Gasteiger partial charge < -0.3 is 15.1 Å². The molecule has 2 fully saturated rings. The Kier molecular flexibility index (Phi) is 4.20. The summed E-state index contributed by atoms with van der Waals surface area (Å²) in [6.07, 6.45) is -0.144. The maximum absolute atomic E-state index is 12.4. The van der Waals surface area contributed by atoms with E-state index < -0.39 is 18.0 Å². The normalized spacial score (nSPS) is 20.9. The number of benzene rings is 1. The van der Waals surface area contributed by atoms with Crippen molar-refractivity contribution >= 4 is 29.4 Å². The van der Waals surface area contributed by atoms with Crippen LogP contribution in [0.4, 0.5) is 10.5 Å². The lowest BCUT2D eigenvalue weighted by atomic mass is 10.1. The third-order valence-electron chi connectivity index (χ3n) is 4.22. The number of imide groups is 1. The standard InChI is InChI=1S/C16H18N4O4/c1-10-4-2-3-5-12(10)20-7-6-19(9-14(20)22)13(21)8-11-15(23)18-16(24)17-11/h2-5,11H,6-9H2,1H3,(H2,17,18,23,24). The molecule has 0 saturated carbocycles. The number of nitrogens with one attached hydrogen (secondary N) is 2. The number of anilines is 1. The van der Waals surface area contributed by atoms with Crippen molar-refractivity contribution in [1.29, 1.82) is 0 Å². The first-order chi connectivity index (χ1) is 11.5. The maximum atomic E-state index is 12.4. The Morgan fingerprint density at radius 3 is 2.58 bits per heavy atom. The van der Waals surface area contributed by atoms with E-state index in [1.54, 1.807) is 4.90 Å². The van der Waals surface area contributed by atoms with Gasteiger partial charge in [-0.25, -0.2) is 4.79 Å². The second-order valence-electron chi connectivity index (χ2n) is 5.87. The molecule has 2 N–H and O–H groups in total. The van der Waals surface area contributed by atoms with E-state index in [1.165, 1.54) is 4.90 Å². The summed E-state index contributed by atoms with van der Waals surface area (Å²) in [7, 11) is 0. The van der Waals surface area contributed by atoms with Gasteiger partial charge in [0.1, 0.15) is 12.6 Å². The van der Waals surface area contributed by atoms with E-state index in [9.17, 15) is 19.2 Å². The molecule has 2 aliphatic rings. The van der Waals surface area contributed by atoms with Crippen molar-refractivity contribution in [3.63, 3.8) is 0 Å². The van der Waals surface area contributed by atoms with E-state index in [0.29, 0.717) is 13.1 Å². The number of carbonyl (C=O) groups excluding carboxylic acids is 4. The quantitative estimate of drug-likeness (QED) is 0.748. The fourth-order valence-corrected chi connectivity index (χ4v) is 2.91. The molecule has 8 nitrogen and oxygen atoms in total. The molecule has 2 heterocycles. The van der Waals surface area contributed by atoms with Crippen LogP contribution in [0.2, 0.25) is 0 Å². The minimum atomic E-state index is -0.866. The van der Waals surface area contributed by atoms with Gasteiger partial charge in [-0.15, -0.1) is 0 Å². The van der Waals surface area contributed by atoms with Gasteiger partial charge in [0.25, 0.3) is 5.91 Å². The first-order valence-electron chi connectivity index (χ1n) is 7.71. The Balaban J connectivity index is 1.62. The molecule has 8 heteroatoms. The van der Waals surface area contributed by atoms with E-state index >= 15 is 0 Å². The van der Waals surface area contributed by atoms with Gasteiger partial charge in [0.15, 0.2) is 0 Å². The van der Waals surface area contributed by atoms with E-state index in [0.717, 1.165) is 11.3 Å². The van der Waals surface area contributed by atoms with Crippen molar-refractivity contribution in [3.8, 4) is 0 Å². The number of piperazine rings is 1. The molecule has 3 rings (SSSR count). The Morgan fingerprint density at radius 1 is 1.21 bits per heavy atom. The van der Waals surface area contributed by atoms with Crippen LogP contribution >= 0.6 is 0 Å². The number of hydrogen-bond acceptors (Lipinski definition) is 4. The summed E-state index contributed by atoms with van der Waals surface area (Å²) in [4.78, 5) is 50.4. The van der Waals surface area contributed by atoms with Gasteiger partial charge >= 0.3 is 6.03 Å². The molecular formula is C16H18N4O4. The summed E-state index contributed by atoms with van der Waals surface area (Å²) in [6, 6.07) is 6.12. The molecule has 0 aliphatic carbocycles. The highest BCUT2D eigenvalue weighted by Crippen LogP contribution is 2.21. The number of hydrogen-bond donors (Lipinski definition) is 2. The van der Waals surface area contributed by atoms with Crippen molar-refractivity contribution in [2.75, 3.05) is 24.5 Å². The van der Waals surface area contributed by atoms with Gasteiger partial charge in [-0.1, -0.05) is 18.2 Å². The number of nitrogens with zero attached hydrogens (tertiary/aromatic N) is 2. The lowest BCUT2D eigenvalue weighted by Crippen LogP contribution is -2.53. The predicted molar refractivity (Wildman–Crippen MR) is 85.2 cm³/mol. The van der Waals surface area contributed by atoms with E-state index in [-0.39, 0.29) is 24.8 Å². The van der Waals surface area contributed by atoms with Gasteiger partial charge in [-0.3, -0.25) is 19.7 Å². The average molecular weight is 330 g/mol. The number of aryl methyl sites for hydroxylation is 1. The Bertz CT molecular complexity index is 718. The Morgan fingerprint density at radius 2 is 1.96 bits per heavy atom. The molecule has 5 amide bonds. The van der Waals surface area contributed by atoms with Crippen LogP contribution in [0.25, 0.3) is 0 Å². The minimum absolute atomic E-state index is 0.0323. The molecule has 1 atom stereocenters. The summed E-state index contributed by atoms with van der Waals surface area (Å²) >= 11 is 0. The molecule has 126 valence electrons. The first kappa shape index (κ1) is 16.0. The van der Waals surface area contributed by atoms with Crippen molar-refractivity contribution < 1.29 is 19.2 Å². The number of rotatable bonds is 3. The summed E-state index contributed by atoms with van der Waals surface area (Å²) in [5, 5.41) is 4.47. The monoisotopic (exact) mass is 330 g/mol. The maximum Gasteiger partial charge on any atom is 0.322 e. The van der Waals surface area contributed by atoms with Gasteiger partial charge in [0.2, 0.25) is 11.8 Å². The van der Waals surface area contributed by atoms with Crippen LogP contribution in [-0.2, 0) is 14.4 Å². The smallest absolute Gasteiger partial charge is 0.322 e. The molecule has 0 bridgehead atoms. The third kappa shape index (κ3) is 3.08. The van der Waals surface area contributed by atoms with E-state index in [4.69, 9.17) is 0 Å². The van der Waals surface area contributed by atoms with Gasteiger partial charge in [-0.2, -0.15) is 0 Å². The fourth-order valence-electron chi connectivity index (χ4n) is 2.91. The second kappa shape index (κ2) is 6.31. The molecule has 0 radical (unpaired) electrons. The Hall–Kier alpha value is -2.90. The fraction of sp³-hybridized carbons (Fsp3) is 0.375. The Labute approximate surface area is 138 Å². The second-order valence-corrected chi connectivity index (χ2v) is 5.87. The highest BCUT2D eigenvalue weighted by atomic mass is 16.2.